The summed E-state index contributed by atoms with van der Waals surface area (Å²) >= 11 is 15.4. The highest BCUT2D eigenvalue weighted by Crippen LogP contribution is 2.25. The number of rotatable bonds is 2. The van der Waals surface area contributed by atoms with Crippen molar-refractivity contribution in [3.63, 3.8) is 0 Å². The van der Waals surface area contributed by atoms with Crippen LogP contribution in [0.3, 0.4) is 0 Å². The Balaban J connectivity index is 2.15. The molecule has 1 heterocycles. The monoisotopic (exact) mass is 397 g/mol. The molecule has 88 valence electrons. The number of carbonyl (C=O) groups excluding carboxylic acids is 1. The van der Waals surface area contributed by atoms with Crippen molar-refractivity contribution in [1.82, 2.24) is 0 Å². The minimum Gasteiger partial charge on any atom is -0.322 e. The number of nitrogens with one attached hydrogen (secondary N) is 1. The highest BCUT2D eigenvalue weighted by atomic mass is 127. The van der Waals surface area contributed by atoms with Crippen LogP contribution in [0.25, 0.3) is 0 Å². The summed E-state index contributed by atoms with van der Waals surface area (Å²) in [5.41, 5.74) is 1.27. The predicted octanol–water partition coefficient (Wildman–Crippen LogP) is 4.91. The highest BCUT2D eigenvalue weighted by Gasteiger charge is 2.09. The first kappa shape index (κ1) is 13.1. The van der Waals surface area contributed by atoms with Crippen molar-refractivity contribution in [2.45, 2.75) is 0 Å². The number of thiophene rings is 1. The van der Waals surface area contributed by atoms with E-state index in [1.807, 2.05) is 11.4 Å². The molecule has 6 heteroatoms. The molecule has 0 saturated heterocycles. The quantitative estimate of drug-likeness (QED) is 0.716. The first-order chi connectivity index (χ1) is 8.06. The van der Waals surface area contributed by atoms with Crippen molar-refractivity contribution < 1.29 is 4.79 Å². The molecular weight excluding hydrogens is 392 g/mol. The second-order valence-corrected chi connectivity index (χ2v) is 6.84. The van der Waals surface area contributed by atoms with Gasteiger partial charge in [-0.2, -0.15) is 0 Å². The van der Waals surface area contributed by atoms with E-state index in [9.17, 15) is 4.79 Å². The second-order valence-electron chi connectivity index (χ2n) is 3.22. The molecule has 0 saturated carbocycles. The van der Waals surface area contributed by atoms with Crippen LogP contribution in [0.4, 0.5) is 5.69 Å². The zero-order valence-corrected chi connectivity index (χ0v) is 12.8. The van der Waals surface area contributed by atoms with Crippen LogP contribution >= 0.6 is 57.1 Å². The van der Waals surface area contributed by atoms with E-state index in [1.54, 1.807) is 18.2 Å². The molecule has 2 aromatic rings. The summed E-state index contributed by atoms with van der Waals surface area (Å²) in [5, 5.41) is 5.46. The number of benzene rings is 1. The van der Waals surface area contributed by atoms with E-state index in [0.717, 1.165) is 2.88 Å². The lowest BCUT2D eigenvalue weighted by Crippen LogP contribution is -2.10. The molecule has 17 heavy (non-hydrogen) atoms. The Kier molecular flexibility index (Phi) is 4.30. The lowest BCUT2D eigenvalue weighted by molar-refractivity contribution is 0.102. The third-order valence-corrected chi connectivity index (χ3v) is 4.54. The van der Waals surface area contributed by atoms with Gasteiger partial charge in [0.2, 0.25) is 0 Å². The van der Waals surface area contributed by atoms with Crippen LogP contribution in [0.5, 0.6) is 0 Å². The normalized spacial score (nSPS) is 10.3. The molecule has 0 aliphatic heterocycles. The minimum atomic E-state index is -0.150. The van der Waals surface area contributed by atoms with Gasteiger partial charge < -0.3 is 5.32 Å². The first-order valence-electron chi connectivity index (χ1n) is 4.56. The fraction of sp³-hybridized carbons (Fsp3) is 0. The van der Waals surface area contributed by atoms with E-state index in [4.69, 9.17) is 23.2 Å². The van der Waals surface area contributed by atoms with Gasteiger partial charge in [-0.25, -0.2) is 0 Å². The summed E-state index contributed by atoms with van der Waals surface area (Å²) < 4.78 is 1.07. The summed E-state index contributed by atoms with van der Waals surface area (Å²) in [4.78, 5) is 11.8. The number of hydrogen-bond acceptors (Lipinski definition) is 2. The van der Waals surface area contributed by atoms with E-state index in [1.165, 1.54) is 11.3 Å². The second kappa shape index (κ2) is 5.56. The Hall–Kier alpha value is -0.300. The van der Waals surface area contributed by atoms with Gasteiger partial charge in [0.05, 0.1) is 18.5 Å². The maximum absolute atomic E-state index is 11.8. The topological polar surface area (TPSA) is 29.1 Å². The van der Waals surface area contributed by atoms with Crippen molar-refractivity contribution in [3.8, 4) is 0 Å². The number of halogens is 3. The van der Waals surface area contributed by atoms with Crippen molar-refractivity contribution in [2.75, 3.05) is 5.32 Å². The lowest BCUT2D eigenvalue weighted by atomic mass is 10.3. The van der Waals surface area contributed by atoms with Crippen LogP contribution in [0, 0.1) is 2.88 Å². The molecule has 2 rings (SSSR count). The first-order valence-corrected chi connectivity index (χ1v) is 7.28. The Morgan fingerprint density at radius 3 is 2.59 bits per heavy atom. The summed E-state index contributed by atoms with van der Waals surface area (Å²) in [6.07, 6.45) is 0. The van der Waals surface area contributed by atoms with Crippen LogP contribution in [-0.4, -0.2) is 5.91 Å². The summed E-state index contributed by atoms with van der Waals surface area (Å²) in [6, 6.07) is 6.82. The van der Waals surface area contributed by atoms with Crippen LogP contribution in [0.15, 0.2) is 29.6 Å². The molecule has 0 aliphatic carbocycles. The van der Waals surface area contributed by atoms with E-state index in [2.05, 4.69) is 27.9 Å². The Morgan fingerprint density at radius 2 is 2.00 bits per heavy atom. The van der Waals surface area contributed by atoms with Gasteiger partial charge in [-0.15, -0.1) is 11.3 Å². The fourth-order valence-electron chi connectivity index (χ4n) is 1.21. The van der Waals surface area contributed by atoms with Gasteiger partial charge in [0.1, 0.15) is 0 Å². The van der Waals surface area contributed by atoms with Gasteiger partial charge in [-0.3, -0.25) is 4.79 Å². The number of hydrogen-bond donors (Lipinski definition) is 1. The molecule has 0 aliphatic rings. The summed E-state index contributed by atoms with van der Waals surface area (Å²) in [6.45, 7) is 0. The van der Waals surface area contributed by atoms with Gasteiger partial charge in [0.25, 0.3) is 5.91 Å². The molecule has 0 unspecified atom stereocenters. The number of amides is 1. The molecule has 1 N–H and O–H groups in total. The highest BCUT2D eigenvalue weighted by molar-refractivity contribution is 14.1. The molecular formula is C11H6Cl2INOS. The van der Waals surface area contributed by atoms with Crippen LogP contribution in [0.2, 0.25) is 10.0 Å². The molecule has 0 bridgehead atoms. The molecule has 2 nitrogen and oxygen atoms in total. The maximum Gasteiger partial charge on any atom is 0.256 e. The summed E-state index contributed by atoms with van der Waals surface area (Å²) in [7, 11) is 0. The molecule has 1 aromatic carbocycles. The Labute approximate surface area is 126 Å². The zero-order chi connectivity index (χ0) is 12.4. The average Bonchev–Trinajstić information content (AvgIpc) is 2.70. The van der Waals surface area contributed by atoms with Gasteiger partial charge in [-0.1, -0.05) is 23.2 Å². The number of anilines is 1. The molecule has 0 atom stereocenters. The van der Waals surface area contributed by atoms with E-state index in [0.29, 0.717) is 21.3 Å². The van der Waals surface area contributed by atoms with Crippen molar-refractivity contribution in [1.29, 1.82) is 0 Å². The molecule has 1 aromatic heterocycles. The Morgan fingerprint density at radius 1 is 1.24 bits per heavy atom. The summed E-state index contributed by atoms with van der Waals surface area (Å²) in [5.74, 6) is -0.150. The number of carbonyl (C=O) groups is 1. The molecule has 0 radical (unpaired) electrons. The lowest BCUT2D eigenvalue weighted by Gasteiger charge is -2.04. The third kappa shape index (κ3) is 3.34. The van der Waals surface area contributed by atoms with E-state index in [-0.39, 0.29) is 5.91 Å². The van der Waals surface area contributed by atoms with Crippen molar-refractivity contribution >= 4 is 68.7 Å². The van der Waals surface area contributed by atoms with Gasteiger partial charge in [-0.05, 0) is 46.9 Å². The third-order valence-electron chi connectivity index (χ3n) is 2.01. The van der Waals surface area contributed by atoms with Gasteiger partial charge >= 0.3 is 0 Å². The van der Waals surface area contributed by atoms with Crippen molar-refractivity contribution in [2.24, 2.45) is 0 Å². The van der Waals surface area contributed by atoms with Crippen LogP contribution < -0.4 is 5.32 Å². The van der Waals surface area contributed by atoms with E-state index < -0.39 is 0 Å². The average molecular weight is 398 g/mol. The maximum atomic E-state index is 11.8. The smallest absolute Gasteiger partial charge is 0.256 e. The Bertz CT molecular complexity index is 570. The van der Waals surface area contributed by atoms with Gasteiger partial charge in [0, 0.05) is 11.1 Å². The minimum absolute atomic E-state index is 0.150. The SMILES string of the molecule is O=C(Nc1ccc(Cl)c(Cl)c1)c1csc(I)c1. The standard InChI is InChI=1S/C11H6Cl2INOS/c12-8-2-1-7(4-9(8)13)15-11(16)6-3-10(14)17-5-6/h1-5H,(H,15,16). The predicted molar refractivity (Wildman–Crippen MR) is 81.5 cm³/mol. The van der Waals surface area contributed by atoms with Gasteiger partial charge in [0.15, 0.2) is 0 Å². The largest absolute Gasteiger partial charge is 0.322 e. The molecule has 0 spiro atoms. The van der Waals surface area contributed by atoms with Crippen molar-refractivity contribution in [3.05, 3.63) is 48.1 Å². The van der Waals surface area contributed by atoms with E-state index >= 15 is 0 Å². The van der Waals surface area contributed by atoms with Crippen LogP contribution in [0.1, 0.15) is 10.4 Å². The zero-order valence-electron chi connectivity index (χ0n) is 8.34. The van der Waals surface area contributed by atoms with Crippen LogP contribution in [-0.2, 0) is 0 Å². The molecule has 1 amide bonds. The molecule has 0 fully saturated rings. The fourth-order valence-corrected chi connectivity index (χ4v) is 2.83.